The molecule has 0 radical (unpaired) electrons. The van der Waals surface area contributed by atoms with Crippen LogP contribution in [0.25, 0.3) is 16.9 Å². The Morgan fingerprint density at radius 1 is 1.07 bits per heavy atom. The van der Waals surface area contributed by atoms with Crippen molar-refractivity contribution < 1.29 is 17.9 Å². The summed E-state index contributed by atoms with van der Waals surface area (Å²) in [6.07, 6.45) is -2.45. The number of aryl methyl sites for hydroxylation is 1. The van der Waals surface area contributed by atoms with Crippen LogP contribution < -0.4 is 10.1 Å². The molecule has 0 unspecified atom stereocenters. The second-order valence-corrected chi connectivity index (χ2v) is 6.65. The molecule has 0 aliphatic heterocycles. The third-order valence-electron chi connectivity index (χ3n) is 4.36. The number of benzene rings is 1. The molecule has 9 heteroatoms. The maximum absolute atomic E-state index is 12.5. The van der Waals surface area contributed by atoms with Gasteiger partial charge in [-0.3, -0.25) is 4.98 Å². The minimum absolute atomic E-state index is 0.296. The SMILES string of the molecule is Cc1cccc(CCNc2ccc3ncc(-c4cccc(OC(F)(F)F)c4)n3n2)n1. The summed E-state index contributed by atoms with van der Waals surface area (Å²) in [5.74, 6) is 0.326. The van der Waals surface area contributed by atoms with E-state index in [2.05, 4.69) is 25.1 Å². The molecule has 1 aromatic carbocycles. The predicted molar refractivity (Wildman–Crippen MR) is 106 cm³/mol. The van der Waals surface area contributed by atoms with E-state index in [1.807, 2.05) is 25.1 Å². The summed E-state index contributed by atoms with van der Waals surface area (Å²) in [6, 6.07) is 15.2. The van der Waals surface area contributed by atoms with Crippen LogP contribution in [-0.4, -0.2) is 32.5 Å². The van der Waals surface area contributed by atoms with Gasteiger partial charge in [-0.1, -0.05) is 18.2 Å². The van der Waals surface area contributed by atoms with Gasteiger partial charge in [0.15, 0.2) is 5.65 Å². The van der Waals surface area contributed by atoms with Crippen molar-refractivity contribution in [2.45, 2.75) is 19.7 Å². The molecular formula is C21H18F3N5O. The lowest BCUT2D eigenvalue weighted by atomic mass is 10.1. The first-order valence-electron chi connectivity index (χ1n) is 9.25. The average molecular weight is 413 g/mol. The molecule has 6 nitrogen and oxygen atoms in total. The summed E-state index contributed by atoms with van der Waals surface area (Å²) >= 11 is 0. The van der Waals surface area contributed by atoms with Crippen LogP contribution in [-0.2, 0) is 6.42 Å². The number of fused-ring (bicyclic) bond motifs is 1. The summed E-state index contributed by atoms with van der Waals surface area (Å²) in [4.78, 5) is 8.74. The standard InChI is InChI=1S/C21H18F3N5O/c1-14-4-2-6-16(27-14)10-11-25-19-8-9-20-26-13-18(29(20)28-19)15-5-3-7-17(12-15)30-21(22,23)24/h2-9,12-13H,10-11H2,1H3,(H,25,28). The van der Waals surface area contributed by atoms with Gasteiger partial charge in [-0.15, -0.1) is 18.3 Å². The van der Waals surface area contributed by atoms with Gasteiger partial charge in [-0.25, -0.2) is 9.50 Å². The number of halogens is 3. The van der Waals surface area contributed by atoms with Crippen molar-refractivity contribution in [3.63, 3.8) is 0 Å². The van der Waals surface area contributed by atoms with Crippen molar-refractivity contribution >= 4 is 11.5 Å². The fourth-order valence-corrected chi connectivity index (χ4v) is 3.07. The summed E-state index contributed by atoms with van der Waals surface area (Å²) in [7, 11) is 0. The fraction of sp³-hybridized carbons (Fsp3) is 0.190. The van der Waals surface area contributed by atoms with Crippen LogP contribution in [0.2, 0.25) is 0 Å². The van der Waals surface area contributed by atoms with Crippen molar-refractivity contribution in [3.05, 3.63) is 72.2 Å². The van der Waals surface area contributed by atoms with E-state index in [0.717, 1.165) is 17.8 Å². The van der Waals surface area contributed by atoms with Crippen molar-refractivity contribution in [2.75, 3.05) is 11.9 Å². The van der Waals surface area contributed by atoms with Crippen LogP contribution in [0.5, 0.6) is 5.75 Å². The molecule has 0 fully saturated rings. The predicted octanol–water partition coefficient (Wildman–Crippen LogP) is 4.65. The number of nitrogens with zero attached hydrogens (tertiary/aromatic N) is 4. The van der Waals surface area contributed by atoms with Crippen LogP contribution in [0, 0.1) is 6.92 Å². The monoisotopic (exact) mass is 413 g/mol. The van der Waals surface area contributed by atoms with Gasteiger partial charge in [-0.2, -0.15) is 0 Å². The zero-order valence-electron chi connectivity index (χ0n) is 16.0. The smallest absolute Gasteiger partial charge is 0.406 e. The maximum atomic E-state index is 12.5. The molecule has 0 aliphatic carbocycles. The Morgan fingerprint density at radius 3 is 2.70 bits per heavy atom. The first-order valence-corrected chi connectivity index (χ1v) is 9.25. The molecule has 0 saturated carbocycles. The van der Waals surface area contributed by atoms with E-state index in [-0.39, 0.29) is 5.75 Å². The zero-order chi connectivity index (χ0) is 21.1. The average Bonchev–Trinajstić information content (AvgIpc) is 3.10. The largest absolute Gasteiger partial charge is 0.573 e. The lowest BCUT2D eigenvalue weighted by molar-refractivity contribution is -0.274. The van der Waals surface area contributed by atoms with Crippen LogP contribution in [0.3, 0.4) is 0 Å². The van der Waals surface area contributed by atoms with Gasteiger partial charge in [-0.05, 0) is 43.3 Å². The number of aromatic nitrogens is 4. The van der Waals surface area contributed by atoms with Gasteiger partial charge in [0.2, 0.25) is 0 Å². The molecule has 154 valence electrons. The van der Waals surface area contributed by atoms with Gasteiger partial charge >= 0.3 is 6.36 Å². The fourth-order valence-electron chi connectivity index (χ4n) is 3.07. The molecule has 0 aliphatic rings. The summed E-state index contributed by atoms with van der Waals surface area (Å²) < 4.78 is 43.2. The maximum Gasteiger partial charge on any atom is 0.573 e. The Labute approximate surface area is 170 Å². The van der Waals surface area contributed by atoms with Crippen LogP contribution >= 0.6 is 0 Å². The van der Waals surface area contributed by atoms with Crippen LogP contribution in [0.15, 0.2) is 60.8 Å². The van der Waals surface area contributed by atoms with Gasteiger partial charge in [0.25, 0.3) is 0 Å². The number of hydrogen-bond acceptors (Lipinski definition) is 5. The van der Waals surface area contributed by atoms with Crippen molar-refractivity contribution in [1.29, 1.82) is 0 Å². The zero-order valence-corrected chi connectivity index (χ0v) is 16.0. The number of imidazole rings is 1. The van der Waals surface area contributed by atoms with Gasteiger partial charge in [0, 0.05) is 29.9 Å². The molecule has 0 atom stereocenters. The molecule has 3 heterocycles. The van der Waals surface area contributed by atoms with Crippen LogP contribution in [0.1, 0.15) is 11.4 Å². The molecule has 0 amide bonds. The van der Waals surface area contributed by atoms with Gasteiger partial charge in [0.1, 0.15) is 11.6 Å². The quantitative estimate of drug-likeness (QED) is 0.498. The highest BCUT2D eigenvalue weighted by Gasteiger charge is 2.31. The van der Waals surface area contributed by atoms with Crippen molar-refractivity contribution in [2.24, 2.45) is 0 Å². The number of hydrogen-bond donors (Lipinski definition) is 1. The number of ether oxygens (including phenoxy) is 1. The van der Waals surface area contributed by atoms with Gasteiger partial charge in [0.05, 0.1) is 11.9 Å². The molecule has 0 saturated heterocycles. The molecular weight excluding hydrogens is 395 g/mol. The molecule has 0 spiro atoms. The Kier molecular flexibility index (Phi) is 5.26. The van der Waals surface area contributed by atoms with E-state index in [1.165, 1.54) is 18.2 Å². The summed E-state index contributed by atoms with van der Waals surface area (Å²) in [6.45, 7) is 2.58. The van der Waals surface area contributed by atoms with Crippen LogP contribution in [0.4, 0.5) is 19.0 Å². The molecule has 4 aromatic rings. The number of nitrogens with one attached hydrogen (secondary N) is 1. The van der Waals surface area contributed by atoms with E-state index in [0.29, 0.717) is 29.3 Å². The van der Waals surface area contributed by atoms with E-state index in [9.17, 15) is 13.2 Å². The third kappa shape index (κ3) is 4.68. The minimum atomic E-state index is -4.75. The normalized spacial score (nSPS) is 11.6. The van der Waals surface area contributed by atoms with E-state index in [1.54, 1.807) is 28.9 Å². The Balaban J connectivity index is 1.54. The Bertz CT molecular complexity index is 1170. The second-order valence-electron chi connectivity index (χ2n) is 6.65. The molecule has 3 aromatic heterocycles. The van der Waals surface area contributed by atoms with Crippen molar-refractivity contribution in [1.82, 2.24) is 19.6 Å². The summed E-state index contributed by atoms with van der Waals surface area (Å²) in [5, 5.41) is 7.77. The van der Waals surface area contributed by atoms with E-state index in [4.69, 9.17) is 0 Å². The molecule has 1 N–H and O–H groups in total. The highest BCUT2D eigenvalue weighted by molar-refractivity contribution is 5.65. The van der Waals surface area contributed by atoms with E-state index < -0.39 is 6.36 Å². The molecule has 4 rings (SSSR count). The minimum Gasteiger partial charge on any atom is -0.406 e. The number of rotatable bonds is 6. The lowest BCUT2D eigenvalue weighted by Gasteiger charge is -2.10. The highest BCUT2D eigenvalue weighted by atomic mass is 19.4. The number of anilines is 1. The Morgan fingerprint density at radius 2 is 1.90 bits per heavy atom. The van der Waals surface area contributed by atoms with Crippen molar-refractivity contribution in [3.8, 4) is 17.0 Å². The topological polar surface area (TPSA) is 64.3 Å². The highest BCUT2D eigenvalue weighted by Crippen LogP contribution is 2.28. The third-order valence-corrected chi connectivity index (χ3v) is 4.36. The molecule has 0 bridgehead atoms. The van der Waals surface area contributed by atoms with E-state index >= 15 is 0 Å². The second kappa shape index (κ2) is 8.02. The van der Waals surface area contributed by atoms with Gasteiger partial charge < -0.3 is 10.1 Å². The number of alkyl halides is 3. The Hall–Kier alpha value is -3.62. The number of pyridine rings is 1. The lowest BCUT2D eigenvalue weighted by Crippen LogP contribution is -2.17. The summed E-state index contributed by atoms with van der Waals surface area (Å²) in [5.41, 5.74) is 3.60. The first kappa shape index (κ1) is 19.7. The molecule has 30 heavy (non-hydrogen) atoms. The first-order chi connectivity index (χ1) is 14.4.